The van der Waals surface area contributed by atoms with E-state index in [-0.39, 0.29) is 16.8 Å². The highest BCUT2D eigenvalue weighted by Gasteiger charge is 2.23. The van der Waals surface area contributed by atoms with Gasteiger partial charge < -0.3 is 5.32 Å². The predicted molar refractivity (Wildman–Crippen MR) is 95.9 cm³/mol. The van der Waals surface area contributed by atoms with Gasteiger partial charge in [0.25, 0.3) is 5.91 Å². The predicted octanol–water partition coefficient (Wildman–Crippen LogP) is 1.53. The van der Waals surface area contributed by atoms with Crippen LogP contribution in [0.1, 0.15) is 54.8 Å². The van der Waals surface area contributed by atoms with E-state index in [1.807, 2.05) is 0 Å². The molecule has 0 unspecified atom stereocenters. The molecule has 0 radical (unpaired) electrons. The van der Waals surface area contributed by atoms with Crippen LogP contribution in [-0.2, 0) is 17.1 Å². The molecule has 0 spiro atoms. The number of carbonyl (C=O) groups is 1. The largest absolute Gasteiger partial charge is 0.349 e. The van der Waals surface area contributed by atoms with E-state index < -0.39 is 16.1 Å². The summed E-state index contributed by atoms with van der Waals surface area (Å²) in [5.74, 6) is 0.263. The number of benzene rings is 1. The number of amides is 1. The van der Waals surface area contributed by atoms with Crippen molar-refractivity contribution in [1.29, 1.82) is 0 Å². The Hall–Kier alpha value is -2.26. The molecule has 3 rings (SSSR count). The lowest BCUT2D eigenvalue weighted by molar-refractivity contribution is 0.0937. The summed E-state index contributed by atoms with van der Waals surface area (Å²) in [7, 11) is -2.10. The summed E-state index contributed by atoms with van der Waals surface area (Å²) < 4.78 is 29.4. The lowest BCUT2D eigenvalue weighted by Gasteiger charge is -2.15. The summed E-state index contributed by atoms with van der Waals surface area (Å²) in [6, 6.07) is 5.69. The highest BCUT2D eigenvalue weighted by atomic mass is 32.2. The maximum atomic E-state index is 12.7. The first kappa shape index (κ1) is 18.5. The Bertz CT molecular complexity index is 887. The molecule has 26 heavy (non-hydrogen) atoms. The molecular weight excluding hydrogens is 354 g/mol. The molecule has 2 N–H and O–H groups in total. The van der Waals surface area contributed by atoms with E-state index in [2.05, 4.69) is 20.1 Å². The summed E-state index contributed by atoms with van der Waals surface area (Å²) in [6.45, 7) is 1.69. The van der Waals surface area contributed by atoms with E-state index in [9.17, 15) is 13.2 Å². The summed E-state index contributed by atoms with van der Waals surface area (Å²) in [6.07, 6.45) is 5.54. The Morgan fingerprint density at radius 1 is 1.31 bits per heavy atom. The molecule has 1 aliphatic rings. The molecule has 1 atom stereocenters. The molecule has 1 amide bonds. The van der Waals surface area contributed by atoms with Gasteiger partial charge in [-0.3, -0.25) is 9.48 Å². The van der Waals surface area contributed by atoms with Crippen LogP contribution in [-0.4, -0.2) is 35.1 Å². The maximum Gasteiger partial charge on any atom is 0.251 e. The minimum atomic E-state index is -3.80. The molecule has 1 heterocycles. The van der Waals surface area contributed by atoms with E-state index in [0.717, 1.165) is 25.7 Å². The van der Waals surface area contributed by atoms with Gasteiger partial charge in [0.15, 0.2) is 0 Å². The van der Waals surface area contributed by atoms with Gasteiger partial charge in [0.2, 0.25) is 10.0 Å². The van der Waals surface area contributed by atoms with Crippen LogP contribution in [0.5, 0.6) is 0 Å². The van der Waals surface area contributed by atoms with Crippen molar-refractivity contribution in [2.24, 2.45) is 7.05 Å². The monoisotopic (exact) mass is 377 g/mol. The van der Waals surface area contributed by atoms with E-state index in [4.69, 9.17) is 0 Å². The molecule has 1 fully saturated rings. The third-order valence-corrected chi connectivity index (χ3v) is 6.10. The minimum absolute atomic E-state index is 0.0468. The third kappa shape index (κ3) is 4.10. The number of hydrogen-bond donors (Lipinski definition) is 2. The van der Waals surface area contributed by atoms with Crippen molar-refractivity contribution in [2.75, 3.05) is 0 Å². The number of nitrogens with one attached hydrogen (secondary N) is 2. The fourth-order valence-corrected chi connectivity index (χ4v) is 4.44. The van der Waals surface area contributed by atoms with Gasteiger partial charge in [-0.1, -0.05) is 18.9 Å². The molecule has 0 aliphatic heterocycles. The smallest absolute Gasteiger partial charge is 0.251 e. The number of nitrogens with zero attached hydrogens (tertiary/aromatic N) is 3. The number of sulfonamides is 1. The molecule has 0 bridgehead atoms. The lowest BCUT2D eigenvalue weighted by Crippen LogP contribution is -2.33. The Morgan fingerprint density at radius 3 is 2.69 bits per heavy atom. The van der Waals surface area contributed by atoms with Gasteiger partial charge in [-0.25, -0.2) is 18.1 Å². The van der Waals surface area contributed by atoms with Crippen molar-refractivity contribution in [3.8, 4) is 0 Å². The van der Waals surface area contributed by atoms with Crippen molar-refractivity contribution >= 4 is 15.9 Å². The molecular formula is C17H23N5O3S. The maximum absolute atomic E-state index is 12.7. The number of carbonyl (C=O) groups excluding carboxylic acids is 1. The zero-order valence-corrected chi connectivity index (χ0v) is 15.7. The second-order valence-electron chi connectivity index (χ2n) is 6.57. The van der Waals surface area contributed by atoms with Crippen molar-refractivity contribution in [3.05, 3.63) is 42.0 Å². The quantitative estimate of drug-likeness (QED) is 0.794. The Morgan fingerprint density at radius 2 is 2.04 bits per heavy atom. The fraction of sp³-hybridized carbons (Fsp3) is 0.471. The summed E-state index contributed by atoms with van der Waals surface area (Å²) >= 11 is 0. The van der Waals surface area contributed by atoms with Crippen molar-refractivity contribution in [3.63, 3.8) is 0 Å². The first-order chi connectivity index (χ1) is 12.4. The SMILES string of the molecule is C[C@H](NS(=O)(=O)c1cccc(C(=O)NC2CCCC2)c1)c1ncnn1C. The van der Waals surface area contributed by atoms with Gasteiger partial charge in [0, 0.05) is 18.7 Å². The standard InChI is InChI=1S/C17H23N5O3S/c1-12(16-18-11-19-22(16)2)21-26(24,25)15-9-5-6-13(10-15)17(23)20-14-7-3-4-8-14/h5-6,9-12,14,21H,3-4,7-8H2,1-2H3,(H,20,23)/t12-/m0/s1. The summed E-state index contributed by atoms with van der Waals surface area (Å²) in [4.78, 5) is 16.5. The number of hydrogen-bond acceptors (Lipinski definition) is 5. The second-order valence-corrected chi connectivity index (χ2v) is 8.28. The van der Waals surface area contributed by atoms with Gasteiger partial charge >= 0.3 is 0 Å². The van der Waals surface area contributed by atoms with Gasteiger partial charge in [0.05, 0.1) is 10.9 Å². The molecule has 0 saturated heterocycles. The van der Waals surface area contributed by atoms with E-state index >= 15 is 0 Å². The summed E-state index contributed by atoms with van der Waals surface area (Å²) in [5, 5.41) is 6.91. The molecule has 2 aromatic rings. The Balaban J connectivity index is 1.75. The molecule has 1 aliphatic carbocycles. The van der Waals surface area contributed by atoms with Crippen LogP contribution in [0.2, 0.25) is 0 Å². The zero-order chi connectivity index (χ0) is 18.7. The Labute approximate surface area is 153 Å². The van der Waals surface area contributed by atoms with Crippen LogP contribution < -0.4 is 10.0 Å². The highest BCUT2D eigenvalue weighted by Crippen LogP contribution is 2.19. The zero-order valence-electron chi connectivity index (χ0n) is 14.8. The van der Waals surface area contributed by atoms with Crippen molar-refractivity contribution in [2.45, 2.75) is 49.6 Å². The van der Waals surface area contributed by atoms with Crippen molar-refractivity contribution in [1.82, 2.24) is 24.8 Å². The van der Waals surface area contributed by atoms with E-state index in [1.165, 1.54) is 23.1 Å². The molecule has 9 heteroatoms. The first-order valence-electron chi connectivity index (χ1n) is 8.64. The van der Waals surface area contributed by atoms with Crippen LogP contribution in [0.15, 0.2) is 35.5 Å². The minimum Gasteiger partial charge on any atom is -0.349 e. The molecule has 140 valence electrons. The Kier molecular flexibility index (Phi) is 5.38. The topological polar surface area (TPSA) is 106 Å². The molecule has 1 saturated carbocycles. The highest BCUT2D eigenvalue weighted by molar-refractivity contribution is 7.89. The number of aryl methyl sites for hydroxylation is 1. The van der Waals surface area contributed by atoms with Crippen LogP contribution >= 0.6 is 0 Å². The van der Waals surface area contributed by atoms with Crippen molar-refractivity contribution < 1.29 is 13.2 Å². The van der Waals surface area contributed by atoms with Gasteiger partial charge in [-0.05, 0) is 38.0 Å². The van der Waals surface area contributed by atoms with Gasteiger partial charge in [0.1, 0.15) is 12.2 Å². The van der Waals surface area contributed by atoms with Crippen LogP contribution in [0.4, 0.5) is 0 Å². The van der Waals surface area contributed by atoms with Crippen LogP contribution in [0.3, 0.4) is 0 Å². The van der Waals surface area contributed by atoms with Gasteiger partial charge in [-0.2, -0.15) is 5.10 Å². The lowest BCUT2D eigenvalue weighted by atomic mass is 10.2. The third-order valence-electron chi connectivity index (χ3n) is 4.56. The normalized spacial score (nSPS) is 16.5. The van der Waals surface area contributed by atoms with E-state index in [1.54, 1.807) is 26.1 Å². The van der Waals surface area contributed by atoms with Gasteiger partial charge in [-0.15, -0.1) is 0 Å². The average Bonchev–Trinajstić information content (AvgIpc) is 3.26. The molecule has 8 nitrogen and oxygen atoms in total. The van der Waals surface area contributed by atoms with E-state index in [0.29, 0.717) is 11.4 Å². The summed E-state index contributed by atoms with van der Waals surface area (Å²) in [5.41, 5.74) is 0.339. The average molecular weight is 377 g/mol. The molecule has 1 aromatic heterocycles. The van der Waals surface area contributed by atoms with Crippen LogP contribution in [0.25, 0.3) is 0 Å². The number of rotatable bonds is 6. The van der Waals surface area contributed by atoms with Crippen LogP contribution in [0, 0.1) is 0 Å². The first-order valence-corrected chi connectivity index (χ1v) is 10.1. The second kappa shape index (κ2) is 7.55. The molecule has 1 aromatic carbocycles. The fourth-order valence-electron chi connectivity index (χ4n) is 3.19. The number of aromatic nitrogens is 3.